The van der Waals surface area contributed by atoms with Crippen molar-refractivity contribution >= 4 is 11.8 Å². The summed E-state index contributed by atoms with van der Waals surface area (Å²) in [5, 5.41) is 13.0. The molecular weight excluding hydrogens is 300 g/mol. The van der Waals surface area contributed by atoms with Gasteiger partial charge in [-0.2, -0.15) is 4.98 Å². The zero-order valence-corrected chi connectivity index (χ0v) is 12.8. The molecule has 0 unspecified atom stereocenters. The number of rotatable bonds is 5. The Morgan fingerprint density at radius 3 is 2.96 bits per heavy atom. The van der Waals surface area contributed by atoms with Gasteiger partial charge in [0.15, 0.2) is 5.82 Å². The zero-order chi connectivity index (χ0) is 16.2. The number of carboxylic acids is 1. The molecule has 0 amide bonds. The fourth-order valence-electron chi connectivity index (χ4n) is 2.71. The first kappa shape index (κ1) is 15.4. The Kier molecular flexibility index (Phi) is 4.52. The number of hydrogen-bond donors (Lipinski definition) is 1. The molecule has 1 fully saturated rings. The van der Waals surface area contributed by atoms with E-state index in [0.717, 1.165) is 11.4 Å². The quantitative estimate of drug-likeness (QED) is 0.886. The average Bonchev–Trinajstić information content (AvgIpc) is 3.04. The minimum absolute atomic E-state index is 0.281. The Morgan fingerprint density at radius 1 is 1.48 bits per heavy atom. The minimum Gasteiger partial charge on any atom is -0.481 e. The molecule has 0 radical (unpaired) electrons. The van der Waals surface area contributed by atoms with E-state index < -0.39 is 5.97 Å². The van der Waals surface area contributed by atoms with Crippen LogP contribution in [0, 0.1) is 5.92 Å². The van der Waals surface area contributed by atoms with Crippen molar-refractivity contribution in [3.8, 4) is 11.5 Å². The van der Waals surface area contributed by atoms with Gasteiger partial charge in [0.05, 0.1) is 11.5 Å². The highest BCUT2D eigenvalue weighted by Crippen LogP contribution is 2.30. The standard InChI is InChI=1S/C15H18N4O4/c1-22-9-12-17-14(23-18-12)11-3-2-6-16-13(11)19-7-4-10(5-8-19)15(20)21/h2-3,6,10H,4-5,7-9H2,1H3,(H,20,21). The Bertz CT molecular complexity index is 680. The van der Waals surface area contributed by atoms with Gasteiger partial charge in [-0.15, -0.1) is 0 Å². The van der Waals surface area contributed by atoms with Crippen LogP contribution in [0.5, 0.6) is 0 Å². The van der Waals surface area contributed by atoms with Crippen molar-refractivity contribution in [2.45, 2.75) is 19.4 Å². The van der Waals surface area contributed by atoms with Crippen LogP contribution in [0.15, 0.2) is 22.9 Å². The van der Waals surface area contributed by atoms with E-state index in [0.29, 0.717) is 37.6 Å². The second kappa shape index (κ2) is 6.74. The summed E-state index contributed by atoms with van der Waals surface area (Å²) in [7, 11) is 1.57. The summed E-state index contributed by atoms with van der Waals surface area (Å²) in [5.41, 5.74) is 0.746. The third kappa shape index (κ3) is 3.31. The molecule has 3 rings (SSSR count). The zero-order valence-electron chi connectivity index (χ0n) is 12.8. The second-order valence-corrected chi connectivity index (χ2v) is 5.42. The Balaban J connectivity index is 1.82. The maximum Gasteiger partial charge on any atom is 0.306 e. The van der Waals surface area contributed by atoms with Gasteiger partial charge in [0.25, 0.3) is 5.89 Å². The van der Waals surface area contributed by atoms with Crippen LogP contribution in [0.4, 0.5) is 5.82 Å². The topological polar surface area (TPSA) is 102 Å². The summed E-state index contributed by atoms with van der Waals surface area (Å²) in [6.45, 7) is 1.56. The summed E-state index contributed by atoms with van der Waals surface area (Å²) in [5.74, 6) is 0.591. The van der Waals surface area contributed by atoms with Crippen LogP contribution in [0.2, 0.25) is 0 Å². The van der Waals surface area contributed by atoms with Crippen LogP contribution < -0.4 is 4.90 Å². The number of carboxylic acid groups (broad SMARTS) is 1. The van der Waals surface area contributed by atoms with Crippen LogP contribution in [0.1, 0.15) is 18.7 Å². The first-order valence-corrected chi connectivity index (χ1v) is 7.43. The summed E-state index contributed by atoms with van der Waals surface area (Å²) >= 11 is 0. The highest BCUT2D eigenvalue weighted by atomic mass is 16.5. The molecule has 0 saturated carbocycles. The number of aliphatic carboxylic acids is 1. The van der Waals surface area contributed by atoms with Crippen molar-refractivity contribution in [2.24, 2.45) is 5.92 Å². The molecule has 0 spiro atoms. The van der Waals surface area contributed by atoms with Crippen LogP contribution in [-0.4, -0.2) is 46.4 Å². The Labute approximate surface area is 133 Å². The number of hydrogen-bond acceptors (Lipinski definition) is 7. The molecule has 1 aliphatic heterocycles. The van der Waals surface area contributed by atoms with E-state index in [4.69, 9.17) is 14.4 Å². The van der Waals surface area contributed by atoms with Crippen molar-refractivity contribution in [2.75, 3.05) is 25.1 Å². The molecule has 0 atom stereocenters. The first-order valence-electron chi connectivity index (χ1n) is 7.43. The van der Waals surface area contributed by atoms with Gasteiger partial charge in [0, 0.05) is 26.4 Å². The molecule has 8 heteroatoms. The predicted molar refractivity (Wildman–Crippen MR) is 80.8 cm³/mol. The highest BCUT2D eigenvalue weighted by Gasteiger charge is 2.27. The third-order valence-electron chi connectivity index (χ3n) is 3.90. The Morgan fingerprint density at radius 2 is 2.26 bits per heavy atom. The smallest absolute Gasteiger partial charge is 0.306 e. The number of aromatic nitrogens is 3. The van der Waals surface area contributed by atoms with Crippen molar-refractivity contribution in [3.05, 3.63) is 24.2 Å². The van der Waals surface area contributed by atoms with E-state index >= 15 is 0 Å². The van der Waals surface area contributed by atoms with Crippen LogP contribution in [-0.2, 0) is 16.1 Å². The van der Waals surface area contributed by atoms with Gasteiger partial charge in [-0.3, -0.25) is 4.79 Å². The summed E-state index contributed by atoms with van der Waals surface area (Å²) in [6, 6.07) is 3.68. The van der Waals surface area contributed by atoms with Crippen LogP contribution in [0.25, 0.3) is 11.5 Å². The number of methoxy groups -OCH3 is 1. The van der Waals surface area contributed by atoms with Gasteiger partial charge < -0.3 is 19.3 Å². The van der Waals surface area contributed by atoms with E-state index in [1.807, 2.05) is 12.1 Å². The van der Waals surface area contributed by atoms with Crippen molar-refractivity contribution in [1.29, 1.82) is 0 Å². The van der Waals surface area contributed by atoms with E-state index in [1.54, 1.807) is 13.3 Å². The van der Waals surface area contributed by atoms with Crippen LogP contribution in [0.3, 0.4) is 0 Å². The molecule has 2 aromatic rings. The first-order chi connectivity index (χ1) is 11.2. The average molecular weight is 318 g/mol. The monoisotopic (exact) mass is 318 g/mol. The lowest BCUT2D eigenvalue weighted by Gasteiger charge is -2.31. The van der Waals surface area contributed by atoms with Crippen molar-refractivity contribution < 1.29 is 19.2 Å². The maximum atomic E-state index is 11.1. The lowest BCUT2D eigenvalue weighted by atomic mass is 9.97. The number of piperidine rings is 1. The number of carbonyl (C=O) groups is 1. The molecule has 3 heterocycles. The number of ether oxygens (including phenoxy) is 1. The molecule has 8 nitrogen and oxygen atoms in total. The van der Waals surface area contributed by atoms with Gasteiger partial charge in [-0.05, 0) is 25.0 Å². The normalized spacial score (nSPS) is 15.8. The molecule has 1 saturated heterocycles. The van der Waals surface area contributed by atoms with Gasteiger partial charge in [-0.1, -0.05) is 5.16 Å². The maximum absolute atomic E-state index is 11.1. The van der Waals surface area contributed by atoms with Crippen molar-refractivity contribution in [3.63, 3.8) is 0 Å². The predicted octanol–water partition coefficient (Wildman–Crippen LogP) is 1.58. The summed E-state index contributed by atoms with van der Waals surface area (Å²) in [4.78, 5) is 21.9. The van der Waals surface area contributed by atoms with Gasteiger partial charge >= 0.3 is 5.97 Å². The van der Waals surface area contributed by atoms with E-state index in [1.165, 1.54) is 0 Å². The largest absolute Gasteiger partial charge is 0.481 e. The molecule has 0 aromatic carbocycles. The van der Waals surface area contributed by atoms with Gasteiger partial charge in [0.1, 0.15) is 12.4 Å². The SMILES string of the molecule is COCc1noc(-c2cccnc2N2CCC(C(=O)O)CC2)n1. The fourth-order valence-corrected chi connectivity index (χ4v) is 2.71. The molecular formula is C15H18N4O4. The molecule has 0 aliphatic carbocycles. The number of pyridine rings is 1. The summed E-state index contributed by atoms with van der Waals surface area (Å²) < 4.78 is 10.3. The molecule has 1 N–H and O–H groups in total. The second-order valence-electron chi connectivity index (χ2n) is 5.42. The van der Waals surface area contributed by atoms with E-state index in [2.05, 4.69) is 20.0 Å². The molecule has 0 bridgehead atoms. The van der Waals surface area contributed by atoms with Crippen molar-refractivity contribution in [1.82, 2.24) is 15.1 Å². The summed E-state index contributed by atoms with van der Waals surface area (Å²) in [6.07, 6.45) is 2.91. The third-order valence-corrected chi connectivity index (χ3v) is 3.90. The van der Waals surface area contributed by atoms with Gasteiger partial charge in [0.2, 0.25) is 0 Å². The van der Waals surface area contributed by atoms with E-state index in [-0.39, 0.29) is 12.5 Å². The Hall–Kier alpha value is -2.48. The lowest BCUT2D eigenvalue weighted by Crippen LogP contribution is -2.37. The minimum atomic E-state index is -0.730. The number of nitrogens with zero attached hydrogens (tertiary/aromatic N) is 4. The molecule has 1 aliphatic rings. The fraction of sp³-hybridized carbons (Fsp3) is 0.467. The van der Waals surface area contributed by atoms with Crippen LogP contribution >= 0.6 is 0 Å². The highest BCUT2D eigenvalue weighted by molar-refractivity contribution is 5.72. The lowest BCUT2D eigenvalue weighted by molar-refractivity contribution is -0.142. The van der Waals surface area contributed by atoms with Gasteiger partial charge in [-0.25, -0.2) is 4.98 Å². The molecule has 23 heavy (non-hydrogen) atoms. The molecule has 2 aromatic heterocycles. The number of anilines is 1. The molecule has 122 valence electrons. The van der Waals surface area contributed by atoms with E-state index in [9.17, 15) is 4.79 Å².